The summed E-state index contributed by atoms with van der Waals surface area (Å²) in [5.74, 6) is -0.794. The second-order valence-electron chi connectivity index (χ2n) is 9.36. The smallest absolute Gasteiger partial charge is 0.313 e. The van der Waals surface area contributed by atoms with Crippen molar-refractivity contribution in [1.82, 2.24) is 0 Å². The van der Waals surface area contributed by atoms with E-state index in [4.69, 9.17) is 18.6 Å². The number of aliphatic hydroxyl groups is 1. The molecular weight excluding hydrogens is 376 g/mol. The third-order valence-corrected chi connectivity index (χ3v) is 8.32. The number of carbonyl (C=O) groups is 2. The van der Waals surface area contributed by atoms with Gasteiger partial charge in [0.15, 0.2) is 0 Å². The zero-order valence-electron chi connectivity index (χ0n) is 16.9. The first-order valence-electron chi connectivity index (χ1n) is 10.5. The van der Waals surface area contributed by atoms with Gasteiger partial charge in [0, 0.05) is 18.9 Å². The first-order chi connectivity index (χ1) is 13.9. The van der Waals surface area contributed by atoms with Crippen molar-refractivity contribution in [3.63, 3.8) is 0 Å². The molecule has 7 heteroatoms. The number of esters is 2. The van der Waals surface area contributed by atoms with Crippen molar-refractivity contribution in [3.05, 3.63) is 24.2 Å². The van der Waals surface area contributed by atoms with E-state index in [0.29, 0.717) is 19.4 Å². The zero-order valence-corrected chi connectivity index (χ0v) is 16.9. The summed E-state index contributed by atoms with van der Waals surface area (Å²) >= 11 is 0. The summed E-state index contributed by atoms with van der Waals surface area (Å²) in [5, 5.41) is 10.8. The molecule has 0 unspecified atom stereocenters. The van der Waals surface area contributed by atoms with Crippen LogP contribution in [0, 0.1) is 22.7 Å². The predicted octanol–water partition coefficient (Wildman–Crippen LogP) is 2.77. The van der Waals surface area contributed by atoms with E-state index in [1.54, 1.807) is 12.5 Å². The number of hydrogen-bond acceptors (Lipinski definition) is 7. The second kappa shape index (κ2) is 6.32. The van der Waals surface area contributed by atoms with Gasteiger partial charge in [-0.25, -0.2) is 0 Å². The molecule has 7 nitrogen and oxygen atoms in total. The quantitative estimate of drug-likeness (QED) is 0.611. The van der Waals surface area contributed by atoms with Gasteiger partial charge in [0.25, 0.3) is 0 Å². The minimum Gasteiger partial charge on any atom is -0.472 e. The van der Waals surface area contributed by atoms with Crippen LogP contribution in [0.4, 0.5) is 0 Å². The summed E-state index contributed by atoms with van der Waals surface area (Å²) in [6.45, 7) is 3.81. The molecule has 4 fully saturated rings. The first-order valence-corrected chi connectivity index (χ1v) is 10.5. The van der Waals surface area contributed by atoms with Crippen LogP contribution in [0.3, 0.4) is 0 Å². The van der Waals surface area contributed by atoms with E-state index in [2.05, 4.69) is 0 Å². The molecule has 2 spiro atoms. The average Bonchev–Trinajstić information content (AvgIpc) is 3.12. The molecule has 0 amide bonds. The van der Waals surface area contributed by atoms with Crippen LogP contribution in [-0.4, -0.2) is 42.0 Å². The third kappa shape index (κ3) is 2.37. The molecular formula is C22H28O7. The van der Waals surface area contributed by atoms with E-state index in [1.165, 1.54) is 6.92 Å². The molecule has 2 aliphatic heterocycles. The Morgan fingerprint density at radius 2 is 2.21 bits per heavy atom. The van der Waals surface area contributed by atoms with Crippen molar-refractivity contribution < 1.29 is 33.3 Å². The maximum Gasteiger partial charge on any atom is 0.313 e. The Morgan fingerprint density at radius 3 is 2.83 bits per heavy atom. The van der Waals surface area contributed by atoms with Crippen molar-refractivity contribution in [1.29, 1.82) is 0 Å². The van der Waals surface area contributed by atoms with Crippen LogP contribution < -0.4 is 0 Å². The largest absolute Gasteiger partial charge is 0.472 e. The highest BCUT2D eigenvalue weighted by atomic mass is 16.6. The van der Waals surface area contributed by atoms with Gasteiger partial charge in [-0.1, -0.05) is 13.3 Å². The van der Waals surface area contributed by atoms with Crippen LogP contribution in [0.1, 0.15) is 57.6 Å². The molecule has 158 valence electrons. The molecule has 0 bridgehead atoms. The number of carbonyl (C=O) groups excluding carboxylic acids is 2. The van der Waals surface area contributed by atoms with Gasteiger partial charge in [-0.3, -0.25) is 9.59 Å². The Bertz CT molecular complexity index is 813. The minimum atomic E-state index is -0.784. The van der Waals surface area contributed by atoms with Gasteiger partial charge < -0.3 is 23.7 Å². The maximum absolute atomic E-state index is 13.5. The highest BCUT2D eigenvalue weighted by molar-refractivity contribution is 5.81. The van der Waals surface area contributed by atoms with Crippen molar-refractivity contribution in [3.8, 4) is 0 Å². The Balaban J connectivity index is 1.61. The van der Waals surface area contributed by atoms with Gasteiger partial charge in [-0.2, -0.15) is 0 Å². The van der Waals surface area contributed by atoms with Crippen molar-refractivity contribution in [2.24, 2.45) is 22.7 Å². The second-order valence-corrected chi connectivity index (χ2v) is 9.36. The van der Waals surface area contributed by atoms with Gasteiger partial charge >= 0.3 is 11.9 Å². The molecule has 5 rings (SSSR count). The molecule has 7 atom stereocenters. The summed E-state index contributed by atoms with van der Waals surface area (Å²) in [6.07, 6.45) is 5.93. The molecule has 1 aromatic heterocycles. The van der Waals surface area contributed by atoms with Gasteiger partial charge in [-0.15, -0.1) is 0 Å². The monoisotopic (exact) mass is 404 g/mol. The van der Waals surface area contributed by atoms with Crippen LogP contribution in [0.25, 0.3) is 0 Å². The van der Waals surface area contributed by atoms with Gasteiger partial charge in [-0.05, 0) is 37.2 Å². The zero-order chi connectivity index (χ0) is 20.4. The summed E-state index contributed by atoms with van der Waals surface area (Å²) < 4.78 is 22.8. The van der Waals surface area contributed by atoms with Crippen LogP contribution in [0.5, 0.6) is 0 Å². The molecule has 2 saturated heterocycles. The lowest BCUT2D eigenvalue weighted by Gasteiger charge is -2.61. The number of hydrogen-bond donors (Lipinski definition) is 1. The highest BCUT2D eigenvalue weighted by Crippen LogP contribution is 2.71. The predicted molar refractivity (Wildman–Crippen MR) is 99.5 cm³/mol. The Morgan fingerprint density at radius 1 is 1.41 bits per heavy atom. The average molecular weight is 404 g/mol. The van der Waals surface area contributed by atoms with Crippen LogP contribution >= 0.6 is 0 Å². The van der Waals surface area contributed by atoms with Crippen molar-refractivity contribution >= 4 is 11.9 Å². The number of aliphatic hydroxyl groups excluding tert-OH is 1. The first kappa shape index (κ1) is 19.1. The Hall–Kier alpha value is -1.86. The minimum absolute atomic E-state index is 0.0465. The molecule has 4 aliphatic rings. The summed E-state index contributed by atoms with van der Waals surface area (Å²) in [4.78, 5) is 25.4. The van der Waals surface area contributed by atoms with Gasteiger partial charge in [0.2, 0.25) is 0 Å². The molecule has 2 saturated carbocycles. The molecule has 3 heterocycles. The maximum atomic E-state index is 13.5. The molecule has 0 aromatic carbocycles. The van der Waals surface area contributed by atoms with E-state index in [-0.39, 0.29) is 36.5 Å². The number of fused-ring (bicyclic) bond motifs is 3. The highest BCUT2D eigenvalue weighted by Gasteiger charge is 2.77. The van der Waals surface area contributed by atoms with Gasteiger partial charge in [0.05, 0.1) is 36.6 Å². The lowest BCUT2D eigenvalue weighted by Crippen LogP contribution is -2.68. The van der Waals surface area contributed by atoms with E-state index in [9.17, 15) is 14.7 Å². The fraction of sp³-hybridized carbons (Fsp3) is 0.727. The van der Waals surface area contributed by atoms with Crippen LogP contribution in [0.2, 0.25) is 0 Å². The normalized spacial score (nSPS) is 45.8. The van der Waals surface area contributed by atoms with Gasteiger partial charge in [0.1, 0.15) is 17.8 Å². The molecule has 0 radical (unpaired) electrons. The van der Waals surface area contributed by atoms with E-state index < -0.39 is 22.5 Å². The number of furan rings is 1. The third-order valence-electron chi connectivity index (χ3n) is 8.32. The molecule has 1 N–H and O–H groups in total. The Kier molecular flexibility index (Phi) is 4.17. The number of rotatable bonds is 3. The fourth-order valence-electron chi connectivity index (χ4n) is 6.93. The van der Waals surface area contributed by atoms with Crippen molar-refractivity contribution in [2.45, 2.75) is 63.8 Å². The Labute approximate surface area is 169 Å². The number of epoxide rings is 1. The number of ether oxygens (including phenoxy) is 3. The SMILES string of the molecule is CC(=O)O[C@H]1C[C@@H](C)[C@]2(C[C@@H](c3ccoc3)OC2=O)[C@H]2CCC[C@]3(CO3)[C@]12CO. The molecule has 1 aromatic rings. The lowest BCUT2D eigenvalue weighted by molar-refractivity contribution is -0.225. The number of cyclic esters (lactones) is 1. The fourth-order valence-corrected chi connectivity index (χ4v) is 6.93. The summed E-state index contributed by atoms with van der Waals surface area (Å²) in [7, 11) is 0. The van der Waals surface area contributed by atoms with Crippen LogP contribution in [-0.2, 0) is 23.8 Å². The molecule has 2 aliphatic carbocycles. The molecule has 29 heavy (non-hydrogen) atoms. The van der Waals surface area contributed by atoms with E-state index >= 15 is 0 Å². The van der Waals surface area contributed by atoms with Crippen molar-refractivity contribution in [2.75, 3.05) is 13.2 Å². The summed E-state index contributed by atoms with van der Waals surface area (Å²) in [5.41, 5.74) is -1.19. The lowest BCUT2D eigenvalue weighted by atomic mass is 9.42. The topological polar surface area (TPSA) is 98.5 Å². The van der Waals surface area contributed by atoms with E-state index in [0.717, 1.165) is 24.8 Å². The summed E-state index contributed by atoms with van der Waals surface area (Å²) in [6, 6.07) is 1.83. The van der Waals surface area contributed by atoms with E-state index in [1.807, 2.05) is 13.0 Å². The standard InChI is InChI=1S/C22H28O7/c1-13-8-18(28-14(2)24)22(11-23)17(4-3-6-20(22)12-27-20)21(13)9-16(29-19(21)25)15-5-7-26-10-15/h5,7,10,13,16-18,23H,3-4,6,8-9,11-12H2,1-2H3/t13-,16+,17-,18+,20+,21-,22+/m1/s1. The van der Waals surface area contributed by atoms with Crippen LogP contribution in [0.15, 0.2) is 23.0 Å².